The first kappa shape index (κ1) is 14.2. The van der Waals surface area contributed by atoms with Crippen LogP contribution in [-0.2, 0) is 7.05 Å². The second kappa shape index (κ2) is 5.22. The first-order valence-corrected chi connectivity index (χ1v) is 7.55. The van der Waals surface area contributed by atoms with Gasteiger partial charge in [-0.15, -0.1) is 0 Å². The molecule has 2 fully saturated rings. The number of fused-ring (bicyclic) bond motifs is 1. The molecular weight excluding hydrogens is 268 g/mol. The lowest BCUT2D eigenvalue weighted by Gasteiger charge is -2.43. The van der Waals surface area contributed by atoms with E-state index in [-0.39, 0.29) is 5.84 Å². The summed E-state index contributed by atoms with van der Waals surface area (Å²) in [5, 5.41) is 16.7. The van der Waals surface area contributed by atoms with E-state index in [4.69, 9.17) is 10.9 Å². The van der Waals surface area contributed by atoms with Gasteiger partial charge in [-0.05, 0) is 33.2 Å². The predicted molar refractivity (Wildman–Crippen MR) is 81.9 cm³/mol. The maximum absolute atomic E-state index is 9.06. The normalized spacial score (nSPS) is 27.2. The Bertz CT molecular complexity index is 566. The van der Waals surface area contributed by atoms with Crippen LogP contribution in [0.5, 0.6) is 0 Å². The third kappa shape index (κ3) is 2.25. The molecule has 7 nitrogen and oxygen atoms in total. The Hall–Kier alpha value is -1.76. The quantitative estimate of drug-likeness (QED) is 0.359. The Kier molecular flexibility index (Phi) is 3.52. The van der Waals surface area contributed by atoms with Crippen molar-refractivity contribution in [2.24, 2.45) is 17.9 Å². The van der Waals surface area contributed by atoms with Gasteiger partial charge in [0, 0.05) is 32.2 Å². The number of hydrogen-bond acceptors (Lipinski definition) is 5. The minimum atomic E-state index is 0.136. The van der Waals surface area contributed by atoms with Crippen LogP contribution in [0.1, 0.15) is 31.0 Å². The van der Waals surface area contributed by atoms with E-state index in [2.05, 4.69) is 27.0 Å². The standard InChI is InChI=1S/C14H24N6O/c1-9-7-19-6-4-5-11(19)8-20(9)14-12(13(15)17-21)10(2)16-18(14)3/h9,11,21H,4-8H2,1-3H3,(H2,15,17). The highest BCUT2D eigenvalue weighted by Gasteiger charge is 2.37. The fourth-order valence-electron chi connectivity index (χ4n) is 3.81. The van der Waals surface area contributed by atoms with E-state index in [1.165, 1.54) is 19.4 Å². The zero-order valence-corrected chi connectivity index (χ0v) is 13.0. The maximum Gasteiger partial charge on any atom is 0.175 e. The van der Waals surface area contributed by atoms with Crippen molar-refractivity contribution in [1.29, 1.82) is 0 Å². The molecule has 1 aromatic heterocycles. The van der Waals surface area contributed by atoms with Gasteiger partial charge in [-0.1, -0.05) is 5.16 Å². The fraction of sp³-hybridized carbons (Fsp3) is 0.714. The van der Waals surface area contributed by atoms with Crippen molar-refractivity contribution in [1.82, 2.24) is 14.7 Å². The van der Waals surface area contributed by atoms with Gasteiger partial charge in [0.15, 0.2) is 5.84 Å². The van der Waals surface area contributed by atoms with E-state index in [1.807, 2.05) is 18.7 Å². The average molecular weight is 292 g/mol. The lowest BCUT2D eigenvalue weighted by Crippen LogP contribution is -2.55. The van der Waals surface area contributed by atoms with Gasteiger partial charge in [0.2, 0.25) is 0 Å². The molecule has 2 saturated heterocycles. The average Bonchev–Trinajstić information content (AvgIpc) is 3.00. The van der Waals surface area contributed by atoms with Crippen LogP contribution >= 0.6 is 0 Å². The summed E-state index contributed by atoms with van der Waals surface area (Å²) in [6.07, 6.45) is 2.53. The highest BCUT2D eigenvalue weighted by atomic mass is 16.4. The van der Waals surface area contributed by atoms with Crippen LogP contribution in [0, 0.1) is 6.92 Å². The minimum Gasteiger partial charge on any atom is -0.409 e. The number of rotatable bonds is 2. The molecule has 0 aliphatic carbocycles. The number of hydrogen-bond donors (Lipinski definition) is 2. The molecule has 0 spiro atoms. The highest BCUT2D eigenvalue weighted by Crippen LogP contribution is 2.31. The van der Waals surface area contributed by atoms with E-state index in [9.17, 15) is 0 Å². The van der Waals surface area contributed by atoms with Crippen LogP contribution in [0.25, 0.3) is 0 Å². The van der Waals surface area contributed by atoms with Crippen LogP contribution in [0.2, 0.25) is 0 Å². The number of anilines is 1. The van der Waals surface area contributed by atoms with Gasteiger partial charge in [0.1, 0.15) is 5.82 Å². The summed E-state index contributed by atoms with van der Waals surface area (Å²) < 4.78 is 1.85. The van der Waals surface area contributed by atoms with Crippen LogP contribution in [0.15, 0.2) is 5.16 Å². The maximum atomic E-state index is 9.06. The van der Waals surface area contributed by atoms with E-state index in [0.29, 0.717) is 12.1 Å². The van der Waals surface area contributed by atoms with Crippen LogP contribution < -0.4 is 10.6 Å². The highest BCUT2D eigenvalue weighted by molar-refractivity contribution is 6.02. The fourth-order valence-corrected chi connectivity index (χ4v) is 3.81. The molecule has 2 aliphatic rings. The van der Waals surface area contributed by atoms with Crippen molar-refractivity contribution in [3.8, 4) is 0 Å². The van der Waals surface area contributed by atoms with E-state index in [0.717, 1.165) is 30.2 Å². The lowest BCUT2D eigenvalue weighted by molar-refractivity contribution is 0.201. The van der Waals surface area contributed by atoms with Crippen molar-refractivity contribution in [2.45, 2.75) is 38.8 Å². The van der Waals surface area contributed by atoms with Gasteiger partial charge in [-0.2, -0.15) is 5.10 Å². The Balaban J connectivity index is 1.99. The lowest BCUT2D eigenvalue weighted by atomic mass is 10.1. The SMILES string of the molecule is Cc1nn(C)c(N2CC3CCCN3CC2C)c1C(N)=NO. The molecular formula is C14H24N6O. The summed E-state index contributed by atoms with van der Waals surface area (Å²) in [6, 6.07) is 0.996. The predicted octanol–water partition coefficient (Wildman–Crippen LogP) is 0.496. The molecule has 0 saturated carbocycles. The Labute approximate surface area is 125 Å². The molecule has 2 atom stereocenters. The molecule has 1 aromatic rings. The number of aryl methyl sites for hydroxylation is 2. The largest absolute Gasteiger partial charge is 0.409 e. The molecule has 7 heteroatoms. The smallest absolute Gasteiger partial charge is 0.175 e. The summed E-state index contributed by atoms with van der Waals surface area (Å²) in [5.41, 5.74) is 7.42. The zero-order valence-electron chi connectivity index (χ0n) is 13.0. The topological polar surface area (TPSA) is 82.9 Å². The molecule has 116 valence electrons. The number of aromatic nitrogens is 2. The van der Waals surface area contributed by atoms with Crippen molar-refractivity contribution < 1.29 is 5.21 Å². The third-order valence-corrected chi connectivity index (χ3v) is 4.77. The van der Waals surface area contributed by atoms with Gasteiger partial charge in [-0.25, -0.2) is 0 Å². The molecule has 0 aromatic carbocycles. The summed E-state index contributed by atoms with van der Waals surface area (Å²) in [6.45, 7) is 7.37. The van der Waals surface area contributed by atoms with Crippen molar-refractivity contribution in [3.05, 3.63) is 11.3 Å². The Morgan fingerprint density at radius 1 is 1.43 bits per heavy atom. The van der Waals surface area contributed by atoms with Gasteiger partial charge in [-0.3, -0.25) is 9.58 Å². The zero-order chi connectivity index (χ0) is 15.1. The summed E-state index contributed by atoms with van der Waals surface area (Å²) in [7, 11) is 1.92. The van der Waals surface area contributed by atoms with Crippen LogP contribution in [0.4, 0.5) is 5.82 Å². The molecule has 2 unspecified atom stereocenters. The summed E-state index contributed by atoms with van der Waals surface area (Å²) in [4.78, 5) is 4.94. The number of nitrogens with zero attached hydrogens (tertiary/aromatic N) is 5. The second-order valence-corrected chi connectivity index (χ2v) is 6.19. The summed E-state index contributed by atoms with van der Waals surface area (Å²) >= 11 is 0. The molecule has 21 heavy (non-hydrogen) atoms. The Morgan fingerprint density at radius 3 is 2.90 bits per heavy atom. The molecule has 0 bridgehead atoms. The molecule has 0 radical (unpaired) electrons. The minimum absolute atomic E-state index is 0.136. The van der Waals surface area contributed by atoms with Crippen LogP contribution in [0.3, 0.4) is 0 Å². The number of nitrogens with two attached hydrogens (primary N) is 1. The van der Waals surface area contributed by atoms with Gasteiger partial charge >= 0.3 is 0 Å². The van der Waals surface area contributed by atoms with Gasteiger partial charge < -0.3 is 15.8 Å². The number of oxime groups is 1. The monoisotopic (exact) mass is 292 g/mol. The van der Waals surface area contributed by atoms with E-state index >= 15 is 0 Å². The molecule has 3 rings (SSSR count). The van der Waals surface area contributed by atoms with Gasteiger partial charge in [0.25, 0.3) is 0 Å². The number of piperazine rings is 1. The molecule has 0 amide bonds. The van der Waals surface area contributed by atoms with Gasteiger partial charge in [0.05, 0.1) is 11.3 Å². The van der Waals surface area contributed by atoms with E-state index < -0.39 is 0 Å². The van der Waals surface area contributed by atoms with Crippen molar-refractivity contribution in [2.75, 3.05) is 24.5 Å². The third-order valence-electron chi connectivity index (χ3n) is 4.77. The second-order valence-electron chi connectivity index (χ2n) is 6.19. The molecule has 3 heterocycles. The first-order valence-electron chi connectivity index (χ1n) is 7.55. The van der Waals surface area contributed by atoms with Crippen molar-refractivity contribution in [3.63, 3.8) is 0 Å². The van der Waals surface area contributed by atoms with E-state index in [1.54, 1.807) is 0 Å². The molecule has 3 N–H and O–H groups in total. The Morgan fingerprint density at radius 2 is 2.19 bits per heavy atom. The van der Waals surface area contributed by atoms with Crippen molar-refractivity contribution >= 4 is 11.7 Å². The summed E-state index contributed by atoms with van der Waals surface area (Å²) in [5.74, 6) is 1.10. The molecule has 2 aliphatic heterocycles. The van der Waals surface area contributed by atoms with Crippen LogP contribution in [-0.4, -0.2) is 57.4 Å². The number of amidine groups is 1. The first-order chi connectivity index (χ1) is 10.0.